The highest BCUT2D eigenvalue weighted by Crippen LogP contribution is 2.38. The highest BCUT2D eigenvalue weighted by molar-refractivity contribution is 5.89. The fourth-order valence-corrected chi connectivity index (χ4v) is 1.94. The Hall–Kier alpha value is -1.10. The summed E-state index contributed by atoms with van der Waals surface area (Å²) in [5, 5.41) is 11.5. The summed E-state index contributed by atoms with van der Waals surface area (Å²) in [6, 6.07) is 0.699. The summed E-state index contributed by atoms with van der Waals surface area (Å²) in [7, 11) is 2.06. The minimum Gasteiger partial charge on any atom is -0.481 e. The highest BCUT2D eigenvalue weighted by atomic mass is 16.4. The van der Waals surface area contributed by atoms with Crippen LogP contribution >= 0.6 is 0 Å². The lowest BCUT2D eigenvalue weighted by atomic mass is 10.3. The van der Waals surface area contributed by atoms with Crippen molar-refractivity contribution in [3.05, 3.63) is 0 Å². The maximum absolute atomic E-state index is 11.5. The average Bonchev–Trinajstić information content (AvgIpc) is 3.08. The predicted molar refractivity (Wildman–Crippen MR) is 57.9 cm³/mol. The number of carboxylic acid groups (broad SMARTS) is 1. The lowest BCUT2D eigenvalue weighted by Gasteiger charge is -2.15. The predicted octanol–water partition coefficient (Wildman–Crippen LogP) is -0.0825. The van der Waals surface area contributed by atoms with Crippen LogP contribution in [0.4, 0.5) is 0 Å². The number of likely N-dealkylation sites (N-methyl/N-ethyl adjacent to an activating group) is 1. The van der Waals surface area contributed by atoms with E-state index in [2.05, 4.69) is 17.3 Å². The first-order valence-corrected chi connectivity index (χ1v) is 5.80. The molecule has 5 nitrogen and oxygen atoms in total. The number of rotatable bonds is 6. The molecule has 2 rings (SSSR count). The van der Waals surface area contributed by atoms with Crippen molar-refractivity contribution < 1.29 is 14.7 Å². The zero-order valence-corrected chi connectivity index (χ0v) is 9.48. The number of hydrogen-bond donors (Lipinski definition) is 2. The van der Waals surface area contributed by atoms with Gasteiger partial charge in [0.15, 0.2) is 0 Å². The Kier molecular flexibility index (Phi) is 3.14. The van der Waals surface area contributed by atoms with Gasteiger partial charge in [0.2, 0.25) is 5.91 Å². The molecule has 0 unspecified atom stereocenters. The first-order valence-electron chi connectivity index (χ1n) is 5.80. The van der Waals surface area contributed by atoms with Crippen LogP contribution in [-0.4, -0.2) is 48.1 Å². The van der Waals surface area contributed by atoms with Crippen molar-refractivity contribution in [3.8, 4) is 0 Å². The third-order valence-electron chi connectivity index (χ3n) is 3.38. The van der Waals surface area contributed by atoms with Crippen LogP contribution in [0, 0.1) is 11.8 Å². The van der Waals surface area contributed by atoms with Gasteiger partial charge in [0.25, 0.3) is 0 Å². The number of nitrogens with one attached hydrogen (secondary N) is 1. The van der Waals surface area contributed by atoms with Crippen molar-refractivity contribution >= 4 is 11.9 Å². The van der Waals surface area contributed by atoms with E-state index in [0.29, 0.717) is 19.0 Å². The highest BCUT2D eigenvalue weighted by Gasteiger charge is 2.48. The van der Waals surface area contributed by atoms with E-state index in [4.69, 9.17) is 5.11 Å². The lowest BCUT2D eigenvalue weighted by molar-refractivity contribution is -0.140. The van der Waals surface area contributed by atoms with Crippen molar-refractivity contribution in [2.24, 2.45) is 11.8 Å². The Morgan fingerprint density at radius 2 is 2.06 bits per heavy atom. The molecule has 5 heteroatoms. The summed E-state index contributed by atoms with van der Waals surface area (Å²) >= 11 is 0. The second kappa shape index (κ2) is 4.41. The van der Waals surface area contributed by atoms with Gasteiger partial charge >= 0.3 is 5.97 Å². The first kappa shape index (κ1) is 11.4. The molecule has 0 spiro atoms. The summed E-state index contributed by atoms with van der Waals surface area (Å²) in [4.78, 5) is 24.3. The van der Waals surface area contributed by atoms with Crippen molar-refractivity contribution in [2.45, 2.75) is 25.3 Å². The van der Waals surface area contributed by atoms with Crippen LogP contribution in [-0.2, 0) is 9.59 Å². The van der Waals surface area contributed by atoms with Crippen LogP contribution < -0.4 is 5.32 Å². The molecule has 90 valence electrons. The van der Waals surface area contributed by atoms with Crippen LogP contribution in [0.25, 0.3) is 0 Å². The van der Waals surface area contributed by atoms with Gasteiger partial charge in [-0.25, -0.2) is 0 Å². The molecular weight excluding hydrogens is 208 g/mol. The minimum atomic E-state index is -0.852. The van der Waals surface area contributed by atoms with Crippen molar-refractivity contribution in [2.75, 3.05) is 20.1 Å². The number of carbonyl (C=O) groups excluding carboxylic acids is 1. The molecule has 2 aliphatic carbocycles. The fraction of sp³-hybridized carbons (Fsp3) is 0.818. The van der Waals surface area contributed by atoms with Gasteiger partial charge in [-0.15, -0.1) is 0 Å². The largest absolute Gasteiger partial charge is 0.481 e. The molecule has 16 heavy (non-hydrogen) atoms. The molecule has 2 aliphatic rings. The van der Waals surface area contributed by atoms with Gasteiger partial charge in [0.05, 0.1) is 11.8 Å². The number of amides is 1. The molecule has 0 aromatic carbocycles. The minimum absolute atomic E-state index is 0.100. The van der Waals surface area contributed by atoms with Crippen LogP contribution in [0.15, 0.2) is 0 Å². The molecule has 2 atom stereocenters. The maximum Gasteiger partial charge on any atom is 0.307 e. The number of hydrogen-bond acceptors (Lipinski definition) is 3. The zero-order valence-electron chi connectivity index (χ0n) is 9.48. The third-order valence-corrected chi connectivity index (χ3v) is 3.38. The average molecular weight is 226 g/mol. The Labute approximate surface area is 94.8 Å². The van der Waals surface area contributed by atoms with Crippen LogP contribution in [0.2, 0.25) is 0 Å². The van der Waals surface area contributed by atoms with E-state index in [1.54, 1.807) is 0 Å². The normalized spacial score (nSPS) is 27.9. The molecule has 0 aliphatic heterocycles. The molecule has 0 saturated heterocycles. The third kappa shape index (κ3) is 2.72. The Morgan fingerprint density at radius 1 is 1.38 bits per heavy atom. The molecular formula is C11H18N2O3. The van der Waals surface area contributed by atoms with E-state index in [1.807, 2.05) is 0 Å². The summed E-state index contributed by atoms with van der Waals surface area (Å²) in [6.45, 7) is 1.47. The van der Waals surface area contributed by atoms with Crippen molar-refractivity contribution in [1.82, 2.24) is 10.2 Å². The monoisotopic (exact) mass is 226 g/mol. The van der Waals surface area contributed by atoms with E-state index in [-0.39, 0.29) is 11.8 Å². The van der Waals surface area contributed by atoms with Gasteiger partial charge in [-0.2, -0.15) is 0 Å². The molecule has 2 saturated carbocycles. The topological polar surface area (TPSA) is 69.6 Å². The summed E-state index contributed by atoms with van der Waals surface area (Å²) < 4.78 is 0. The van der Waals surface area contributed by atoms with Crippen LogP contribution in [0.5, 0.6) is 0 Å². The number of nitrogens with zero attached hydrogens (tertiary/aromatic N) is 1. The van der Waals surface area contributed by atoms with E-state index in [9.17, 15) is 9.59 Å². The number of carboxylic acids is 1. The van der Waals surface area contributed by atoms with Gasteiger partial charge in [-0.1, -0.05) is 0 Å². The summed E-state index contributed by atoms with van der Waals surface area (Å²) in [5.74, 6) is -1.68. The SMILES string of the molecule is CN(CCNC(=O)[C@@H]1C[C@@H]1C(=O)O)C1CC1. The van der Waals surface area contributed by atoms with Gasteiger partial charge in [-0.05, 0) is 26.3 Å². The van der Waals surface area contributed by atoms with Crippen molar-refractivity contribution in [3.63, 3.8) is 0 Å². The van der Waals surface area contributed by atoms with Gasteiger partial charge in [-0.3, -0.25) is 9.59 Å². The van der Waals surface area contributed by atoms with E-state index >= 15 is 0 Å². The van der Waals surface area contributed by atoms with Gasteiger partial charge in [0.1, 0.15) is 0 Å². The maximum atomic E-state index is 11.5. The summed E-state index contributed by atoms with van der Waals surface area (Å²) in [5.41, 5.74) is 0. The molecule has 1 amide bonds. The van der Waals surface area contributed by atoms with E-state index in [0.717, 1.165) is 6.54 Å². The van der Waals surface area contributed by atoms with E-state index in [1.165, 1.54) is 12.8 Å². The van der Waals surface area contributed by atoms with Crippen molar-refractivity contribution in [1.29, 1.82) is 0 Å². The van der Waals surface area contributed by atoms with Gasteiger partial charge in [0, 0.05) is 19.1 Å². The molecule has 0 aromatic rings. The number of aliphatic carboxylic acids is 1. The quantitative estimate of drug-likeness (QED) is 0.664. The lowest BCUT2D eigenvalue weighted by Crippen LogP contribution is -2.35. The molecule has 2 fully saturated rings. The second-order valence-corrected chi connectivity index (χ2v) is 4.79. The molecule has 0 aromatic heterocycles. The van der Waals surface area contributed by atoms with Gasteiger partial charge < -0.3 is 15.3 Å². The Balaban J connectivity index is 1.59. The van der Waals surface area contributed by atoms with E-state index < -0.39 is 11.9 Å². The molecule has 2 N–H and O–H groups in total. The standard InChI is InChI=1S/C11H18N2O3/c1-13(7-2-3-7)5-4-12-10(14)8-6-9(8)11(15)16/h7-9H,2-6H2,1H3,(H,12,14)(H,15,16)/t8-,9+/m1/s1. The number of carbonyl (C=O) groups is 2. The fourth-order valence-electron chi connectivity index (χ4n) is 1.94. The van der Waals surface area contributed by atoms with Crippen LogP contribution in [0.1, 0.15) is 19.3 Å². The van der Waals surface area contributed by atoms with Crippen LogP contribution in [0.3, 0.4) is 0 Å². The summed E-state index contributed by atoms with van der Waals surface area (Å²) in [6.07, 6.45) is 3.02. The molecule has 0 heterocycles. The molecule has 0 bridgehead atoms. The Bertz CT molecular complexity index is 302. The smallest absolute Gasteiger partial charge is 0.307 e. The Morgan fingerprint density at radius 3 is 2.56 bits per heavy atom. The zero-order chi connectivity index (χ0) is 11.7. The second-order valence-electron chi connectivity index (χ2n) is 4.79. The molecule has 0 radical (unpaired) electrons. The first-order chi connectivity index (χ1) is 7.59.